The van der Waals surface area contributed by atoms with Crippen molar-refractivity contribution in [3.05, 3.63) is 98.4 Å². The molecule has 0 radical (unpaired) electrons. The Bertz CT molecular complexity index is 1110. The molecule has 3 aromatic carbocycles. The van der Waals surface area contributed by atoms with Crippen molar-refractivity contribution in [2.75, 3.05) is 5.43 Å². The average molecular weight is 528 g/mol. The molecule has 0 saturated carbocycles. The van der Waals surface area contributed by atoms with E-state index in [1.165, 1.54) is 0 Å². The Morgan fingerprint density at radius 3 is 1.77 bits per heavy atom. The minimum absolute atomic E-state index is 0.277. The van der Waals surface area contributed by atoms with Gasteiger partial charge in [0.1, 0.15) is 0 Å². The van der Waals surface area contributed by atoms with E-state index >= 15 is 0 Å². The second-order valence-electron chi connectivity index (χ2n) is 6.48. The minimum atomic E-state index is -0.277. The van der Waals surface area contributed by atoms with E-state index in [1.54, 1.807) is 24.3 Å². The molecule has 0 fully saturated rings. The fourth-order valence-electron chi connectivity index (χ4n) is 2.67. The average Bonchev–Trinajstić information content (AvgIpc) is 2.76. The predicted octanol–water partition coefficient (Wildman–Crippen LogP) is 6.20. The van der Waals surface area contributed by atoms with Crippen LogP contribution in [0.4, 0.5) is 5.69 Å². The standard InChI is InChI=1S/C23H20Br2N4O/c1-15(19-7-3-5-9-21(19)24)26-28-18-13-11-17(12-14-18)23(30)29-27-16(2)20-8-4-6-10-22(20)25/h3-14,28H,1-2H3,(H,29,30)/b26-15-,27-16-. The van der Waals surface area contributed by atoms with Gasteiger partial charge in [0.2, 0.25) is 0 Å². The van der Waals surface area contributed by atoms with Gasteiger partial charge in [0.15, 0.2) is 0 Å². The van der Waals surface area contributed by atoms with Crippen LogP contribution < -0.4 is 10.9 Å². The molecule has 0 unspecified atom stereocenters. The Kier molecular flexibility index (Phi) is 7.54. The van der Waals surface area contributed by atoms with Crippen LogP contribution in [0.3, 0.4) is 0 Å². The zero-order valence-electron chi connectivity index (χ0n) is 16.5. The predicted molar refractivity (Wildman–Crippen MR) is 130 cm³/mol. The van der Waals surface area contributed by atoms with Gasteiger partial charge in [0, 0.05) is 25.6 Å². The highest BCUT2D eigenvalue weighted by molar-refractivity contribution is 9.10. The van der Waals surface area contributed by atoms with Gasteiger partial charge in [-0.05, 0) is 50.2 Å². The Labute approximate surface area is 192 Å². The summed E-state index contributed by atoms with van der Waals surface area (Å²) >= 11 is 7.01. The summed E-state index contributed by atoms with van der Waals surface area (Å²) in [6.07, 6.45) is 0. The highest BCUT2D eigenvalue weighted by atomic mass is 79.9. The van der Waals surface area contributed by atoms with Gasteiger partial charge in [-0.15, -0.1) is 0 Å². The van der Waals surface area contributed by atoms with Gasteiger partial charge in [0.25, 0.3) is 5.91 Å². The van der Waals surface area contributed by atoms with Crippen LogP contribution in [-0.2, 0) is 0 Å². The summed E-state index contributed by atoms with van der Waals surface area (Å²) in [7, 11) is 0. The molecule has 0 aliphatic heterocycles. The highest BCUT2D eigenvalue weighted by Gasteiger charge is 2.07. The third-order valence-corrected chi connectivity index (χ3v) is 5.74. The Morgan fingerprint density at radius 2 is 1.23 bits per heavy atom. The molecular formula is C23H20Br2N4O. The molecule has 3 rings (SSSR count). The second-order valence-corrected chi connectivity index (χ2v) is 8.19. The summed E-state index contributed by atoms with van der Waals surface area (Å²) in [5.41, 5.74) is 10.4. The van der Waals surface area contributed by atoms with Crippen molar-refractivity contribution < 1.29 is 4.79 Å². The van der Waals surface area contributed by atoms with E-state index < -0.39 is 0 Å². The summed E-state index contributed by atoms with van der Waals surface area (Å²) in [5.74, 6) is -0.277. The lowest BCUT2D eigenvalue weighted by molar-refractivity contribution is 0.0955. The van der Waals surface area contributed by atoms with E-state index in [0.717, 1.165) is 31.5 Å². The lowest BCUT2D eigenvalue weighted by Gasteiger charge is -2.07. The number of hydrogen-bond acceptors (Lipinski definition) is 4. The smallest absolute Gasteiger partial charge is 0.271 e. The molecule has 0 heterocycles. The third kappa shape index (κ3) is 5.64. The van der Waals surface area contributed by atoms with E-state index in [4.69, 9.17) is 0 Å². The summed E-state index contributed by atoms with van der Waals surface area (Å²) < 4.78 is 1.91. The van der Waals surface area contributed by atoms with Gasteiger partial charge in [-0.25, -0.2) is 5.43 Å². The van der Waals surface area contributed by atoms with Gasteiger partial charge in [0.05, 0.1) is 17.1 Å². The van der Waals surface area contributed by atoms with Crippen molar-refractivity contribution in [2.24, 2.45) is 10.2 Å². The highest BCUT2D eigenvalue weighted by Crippen LogP contribution is 2.18. The number of hydrogen-bond donors (Lipinski definition) is 2. The first-order valence-corrected chi connectivity index (χ1v) is 10.8. The molecular weight excluding hydrogens is 508 g/mol. The van der Waals surface area contributed by atoms with Gasteiger partial charge in [-0.3, -0.25) is 10.2 Å². The van der Waals surface area contributed by atoms with Crippen molar-refractivity contribution in [3.63, 3.8) is 0 Å². The number of carbonyl (C=O) groups excluding carboxylic acids is 1. The van der Waals surface area contributed by atoms with E-state index in [-0.39, 0.29) is 5.91 Å². The number of anilines is 1. The summed E-state index contributed by atoms with van der Waals surface area (Å²) in [6.45, 7) is 3.78. The number of hydrazone groups is 2. The Morgan fingerprint density at radius 1 is 0.733 bits per heavy atom. The van der Waals surface area contributed by atoms with Crippen molar-refractivity contribution in [1.82, 2.24) is 5.43 Å². The number of nitrogens with one attached hydrogen (secondary N) is 2. The molecule has 2 N–H and O–H groups in total. The van der Waals surface area contributed by atoms with Crippen LogP contribution in [0, 0.1) is 0 Å². The van der Waals surface area contributed by atoms with Crippen LogP contribution in [0.15, 0.2) is 91.9 Å². The lowest BCUT2D eigenvalue weighted by Crippen LogP contribution is -2.19. The number of amides is 1. The molecule has 7 heteroatoms. The zero-order chi connectivity index (χ0) is 21.5. The number of rotatable bonds is 6. The Balaban J connectivity index is 1.63. The van der Waals surface area contributed by atoms with Crippen molar-refractivity contribution >= 4 is 54.9 Å². The summed E-state index contributed by atoms with van der Waals surface area (Å²) in [4.78, 5) is 12.4. The molecule has 1 amide bonds. The SMILES string of the molecule is C/C(=N/NC(=O)c1ccc(N/N=C(/C)c2ccccc2Br)cc1)c1ccccc1Br. The molecule has 3 aromatic rings. The van der Waals surface area contributed by atoms with Gasteiger partial charge < -0.3 is 0 Å². The Hall–Kier alpha value is -2.77. The van der Waals surface area contributed by atoms with E-state index in [9.17, 15) is 4.79 Å². The quantitative estimate of drug-likeness (QED) is 0.296. The number of carbonyl (C=O) groups is 1. The molecule has 0 aromatic heterocycles. The molecule has 30 heavy (non-hydrogen) atoms. The normalized spacial score (nSPS) is 11.9. The molecule has 0 saturated heterocycles. The van der Waals surface area contributed by atoms with Crippen molar-refractivity contribution in [3.8, 4) is 0 Å². The largest absolute Gasteiger partial charge is 0.278 e. The van der Waals surface area contributed by atoms with Gasteiger partial charge in [-0.2, -0.15) is 10.2 Å². The summed E-state index contributed by atoms with van der Waals surface area (Å²) in [6, 6.07) is 22.7. The molecule has 5 nitrogen and oxygen atoms in total. The minimum Gasteiger partial charge on any atom is -0.278 e. The fourth-order valence-corrected chi connectivity index (χ4v) is 3.82. The monoisotopic (exact) mass is 526 g/mol. The first kappa shape index (κ1) is 21.9. The van der Waals surface area contributed by atoms with Crippen LogP contribution >= 0.6 is 31.9 Å². The second kappa shape index (κ2) is 10.3. The molecule has 0 aliphatic rings. The number of benzene rings is 3. The summed E-state index contributed by atoms with van der Waals surface area (Å²) in [5, 5.41) is 8.61. The fraction of sp³-hybridized carbons (Fsp3) is 0.0870. The molecule has 0 atom stereocenters. The van der Waals surface area contributed by atoms with Crippen molar-refractivity contribution in [1.29, 1.82) is 0 Å². The van der Waals surface area contributed by atoms with Crippen LogP contribution in [-0.4, -0.2) is 17.3 Å². The van der Waals surface area contributed by atoms with Crippen molar-refractivity contribution in [2.45, 2.75) is 13.8 Å². The molecule has 152 valence electrons. The van der Waals surface area contributed by atoms with Gasteiger partial charge >= 0.3 is 0 Å². The van der Waals surface area contributed by atoms with Crippen LogP contribution in [0.2, 0.25) is 0 Å². The van der Waals surface area contributed by atoms with Crippen LogP contribution in [0.25, 0.3) is 0 Å². The first-order chi connectivity index (χ1) is 14.5. The van der Waals surface area contributed by atoms with E-state index in [0.29, 0.717) is 11.3 Å². The molecule has 0 bridgehead atoms. The third-order valence-electron chi connectivity index (χ3n) is 4.35. The maximum Gasteiger partial charge on any atom is 0.271 e. The molecule has 0 spiro atoms. The lowest BCUT2D eigenvalue weighted by atomic mass is 10.1. The topological polar surface area (TPSA) is 65.8 Å². The zero-order valence-corrected chi connectivity index (χ0v) is 19.7. The maximum absolute atomic E-state index is 12.4. The number of halogens is 2. The van der Waals surface area contributed by atoms with Crippen LogP contribution in [0.5, 0.6) is 0 Å². The maximum atomic E-state index is 12.4. The number of nitrogens with zero attached hydrogens (tertiary/aromatic N) is 2. The van der Waals surface area contributed by atoms with E-state index in [2.05, 4.69) is 52.9 Å². The van der Waals surface area contributed by atoms with Gasteiger partial charge in [-0.1, -0.05) is 68.3 Å². The van der Waals surface area contributed by atoms with Crippen LogP contribution in [0.1, 0.15) is 35.3 Å². The van der Waals surface area contributed by atoms with E-state index in [1.807, 2.05) is 62.4 Å². The molecule has 0 aliphatic carbocycles. The first-order valence-electron chi connectivity index (χ1n) is 9.20.